The summed E-state index contributed by atoms with van der Waals surface area (Å²) in [7, 11) is 2.36. The third-order valence-corrected chi connectivity index (χ3v) is 3.27. The molecule has 12 nitrogen and oxygen atoms in total. The molecular weight excluding hydrogens is 378 g/mol. The number of benzene rings is 2. The van der Waals surface area contributed by atoms with E-state index < -0.39 is 21.2 Å². The summed E-state index contributed by atoms with van der Waals surface area (Å²) < 4.78 is 9.27. The van der Waals surface area contributed by atoms with Crippen molar-refractivity contribution in [1.82, 2.24) is 0 Å². The van der Waals surface area contributed by atoms with Crippen LogP contribution in [0.2, 0.25) is 0 Å². The summed E-state index contributed by atoms with van der Waals surface area (Å²) in [5.74, 6) is -1.34. The highest BCUT2D eigenvalue weighted by molar-refractivity contribution is 5.84. The first-order valence-corrected chi connectivity index (χ1v) is 7.17. The molecule has 0 aliphatic carbocycles. The molecule has 12 heteroatoms. The van der Waals surface area contributed by atoms with Crippen molar-refractivity contribution >= 4 is 17.7 Å². The van der Waals surface area contributed by atoms with Crippen LogP contribution in [-0.4, -0.2) is 40.6 Å². The zero-order valence-electron chi connectivity index (χ0n) is 14.5. The molecule has 0 aliphatic heterocycles. The van der Waals surface area contributed by atoms with Crippen molar-refractivity contribution in [3.63, 3.8) is 0 Å². The third-order valence-electron chi connectivity index (χ3n) is 3.27. The number of ether oxygens (including phenoxy) is 2. The summed E-state index contributed by atoms with van der Waals surface area (Å²) in [4.78, 5) is 30.1. The second-order valence-electron chi connectivity index (χ2n) is 4.81. The highest BCUT2D eigenvalue weighted by Gasteiger charge is 2.24. The first-order chi connectivity index (χ1) is 13.2. The van der Waals surface area contributed by atoms with E-state index in [4.69, 9.17) is 5.26 Å². The average molecular weight is 391 g/mol. The number of nitro benzene ring substituents is 2. The number of nitro groups is 2. The number of hydrogen-bond donors (Lipinski definition) is 2. The van der Waals surface area contributed by atoms with Crippen LogP contribution in [0.3, 0.4) is 0 Å². The van der Waals surface area contributed by atoms with Crippen molar-refractivity contribution in [1.29, 1.82) is 5.26 Å². The highest BCUT2D eigenvalue weighted by atomic mass is 16.6. The first kappa shape index (κ1) is 21.6. The molecule has 0 bridgehead atoms. The lowest BCUT2D eigenvalue weighted by atomic mass is 10.1. The van der Waals surface area contributed by atoms with Crippen LogP contribution in [0.1, 0.15) is 15.9 Å². The quantitative estimate of drug-likeness (QED) is 0.435. The molecule has 0 radical (unpaired) electrons. The monoisotopic (exact) mass is 391 g/mol. The van der Waals surface area contributed by atoms with Gasteiger partial charge in [-0.3, -0.25) is 25.0 Å². The van der Waals surface area contributed by atoms with Crippen LogP contribution < -0.4 is 9.47 Å². The molecule has 28 heavy (non-hydrogen) atoms. The molecule has 0 heterocycles. The highest BCUT2D eigenvalue weighted by Crippen LogP contribution is 2.38. The van der Waals surface area contributed by atoms with Gasteiger partial charge >= 0.3 is 11.4 Å². The normalized spacial score (nSPS) is 9.32. The van der Waals surface area contributed by atoms with Gasteiger partial charge in [0.2, 0.25) is 11.5 Å². The van der Waals surface area contributed by atoms with Gasteiger partial charge < -0.3 is 19.7 Å². The Kier molecular flexibility index (Phi) is 7.22. The summed E-state index contributed by atoms with van der Waals surface area (Å²) in [6.07, 6.45) is 0.333. The van der Waals surface area contributed by atoms with Gasteiger partial charge in [0.1, 0.15) is 11.6 Å². The lowest BCUT2D eigenvalue weighted by molar-refractivity contribution is -0.386. The van der Waals surface area contributed by atoms with Gasteiger partial charge in [-0.25, -0.2) is 0 Å². The summed E-state index contributed by atoms with van der Waals surface area (Å²) in [5.41, 5.74) is -1.33. The Morgan fingerprint density at radius 1 is 0.964 bits per heavy atom. The summed E-state index contributed by atoms with van der Waals surface area (Å²) >= 11 is 0. The van der Waals surface area contributed by atoms with E-state index in [-0.39, 0.29) is 34.1 Å². The number of hydrogen-bond acceptors (Lipinski definition) is 10. The molecule has 146 valence electrons. The Bertz CT molecular complexity index is 967. The fourth-order valence-electron chi connectivity index (χ4n) is 2.09. The predicted molar refractivity (Wildman–Crippen MR) is 92.7 cm³/mol. The molecular formula is C16H13N3O9. The third kappa shape index (κ3) is 4.41. The fourth-order valence-corrected chi connectivity index (χ4v) is 2.09. The van der Waals surface area contributed by atoms with E-state index in [0.29, 0.717) is 6.29 Å². The van der Waals surface area contributed by atoms with E-state index in [2.05, 4.69) is 9.47 Å². The van der Waals surface area contributed by atoms with Gasteiger partial charge in [-0.15, -0.1) is 0 Å². The maximum Gasteiger partial charge on any atom is 0.332 e. The number of nitrogens with zero attached hydrogens (tertiary/aromatic N) is 3. The number of carbonyl (C=O) groups is 1. The minimum atomic E-state index is -0.776. The van der Waals surface area contributed by atoms with Gasteiger partial charge in [0.05, 0.1) is 29.6 Å². The molecule has 0 atom stereocenters. The largest absolute Gasteiger partial charge is 0.504 e. The maximum atomic E-state index is 10.6. The Morgan fingerprint density at radius 3 is 1.82 bits per heavy atom. The van der Waals surface area contributed by atoms with Crippen LogP contribution in [0.15, 0.2) is 24.3 Å². The Morgan fingerprint density at radius 2 is 1.43 bits per heavy atom. The van der Waals surface area contributed by atoms with E-state index in [1.807, 2.05) is 0 Å². The summed E-state index contributed by atoms with van der Waals surface area (Å²) in [6, 6.07) is 6.30. The summed E-state index contributed by atoms with van der Waals surface area (Å²) in [6.45, 7) is 0. The summed E-state index contributed by atoms with van der Waals surface area (Å²) in [5, 5.41) is 48.2. The lowest BCUT2D eigenvalue weighted by Gasteiger charge is -2.04. The van der Waals surface area contributed by atoms with Gasteiger partial charge in [0, 0.05) is 0 Å². The van der Waals surface area contributed by atoms with Crippen molar-refractivity contribution in [3.8, 4) is 29.1 Å². The van der Waals surface area contributed by atoms with Crippen molar-refractivity contribution in [2.75, 3.05) is 14.2 Å². The minimum Gasteiger partial charge on any atom is -0.504 e. The molecule has 2 N–H and O–H groups in total. The molecule has 0 saturated heterocycles. The SMILES string of the molecule is COc1c(O)ccc(C#N)c1[N+](=O)[O-].COc1c(O)ccc(C=O)c1[N+](=O)[O-]. The van der Waals surface area contributed by atoms with Crippen molar-refractivity contribution in [2.24, 2.45) is 0 Å². The number of aldehydes is 1. The Labute approximate surface area is 157 Å². The van der Waals surface area contributed by atoms with Gasteiger partial charge in [-0.05, 0) is 24.3 Å². The molecule has 0 fully saturated rings. The number of phenolic OH excluding ortho intramolecular Hbond substituents is 2. The van der Waals surface area contributed by atoms with E-state index in [9.17, 15) is 35.2 Å². The number of nitriles is 1. The number of methoxy groups -OCH3 is 2. The molecule has 2 aromatic rings. The second kappa shape index (κ2) is 9.34. The Hall–Kier alpha value is -4.40. The standard InChI is InChI=1S/C8H6N2O4.C8H7NO5/c1-14-8-6(11)3-2-5(4-9)7(8)10(12)13;1-14-8-6(11)3-2-5(4-10)7(8)9(12)13/h2-3,11H,1H3;2-4,11H,1H3. The van der Waals surface area contributed by atoms with E-state index >= 15 is 0 Å². The van der Waals surface area contributed by atoms with E-state index in [0.717, 1.165) is 18.2 Å². The van der Waals surface area contributed by atoms with Gasteiger partial charge in [-0.1, -0.05) is 0 Å². The topological polar surface area (TPSA) is 186 Å². The number of aromatic hydroxyl groups is 2. The van der Waals surface area contributed by atoms with Crippen molar-refractivity contribution < 1.29 is 34.3 Å². The lowest BCUT2D eigenvalue weighted by Crippen LogP contribution is -1.98. The second-order valence-corrected chi connectivity index (χ2v) is 4.81. The number of phenols is 2. The smallest absolute Gasteiger partial charge is 0.332 e. The average Bonchev–Trinajstić information content (AvgIpc) is 2.67. The molecule has 0 aliphatic rings. The number of rotatable bonds is 5. The van der Waals surface area contributed by atoms with E-state index in [1.165, 1.54) is 20.3 Å². The number of carbonyl (C=O) groups excluding carboxylic acids is 1. The van der Waals surface area contributed by atoms with E-state index in [1.54, 1.807) is 6.07 Å². The predicted octanol–water partition coefficient (Wildman–Crippen LogP) is 2.30. The van der Waals surface area contributed by atoms with Crippen LogP contribution in [0.25, 0.3) is 0 Å². The first-order valence-electron chi connectivity index (χ1n) is 7.17. The molecule has 0 amide bonds. The molecule has 0 saturated carbocycles. The molecule has 0 unspecified atom stereocenters. The zero-order chi connectivity index (χ0) is 21.4. The van der Waals surface area contributed by atoms with Gasteiger partial charge in [0.15, 0.2) is 17.8 Å². The molecule has 0 spiro atoms. The van der Waals surface area contributed by atoms with Crippen LogP contribution in [0.4, 0.5) is 11.4 Å². The maximum absolute atomic E-state index is 10.6. The fraction of sp³-hybridized carbons (Fsp3) is 0.125. The molecule has 2 rings (SSSR count). The molecule has 2 aromatic carbocycles. The van der Waals surface area contributed by atoms with Gasteiger partial charge in [0.25, 0.3) is 0 Å². The van der Waals surface area contributed by atoms with Crippen molar-refractivity contribution in [3.05, 3.63) is 55.6 Å². The van der Waals surface area contributed by atoms with Crippen LogP contribution >= 0.6 is 0 Å². The van der Waals surface area contributed by atoms with Crippen LogP contribution in [0, 0.1) is 31.6 Å². The Balaban J connectivity index is 0.000000280. The minimum absolute atomic E-state index is 0.135. The van der Waals surface area contributed by atoms with Crippen LogP contribution in [-0.2, 0) is 0 Å². The van der Waals surface area contributed by atoms with Gasteiger partial charge in [-0.2, -0.15) is 5.26 Å². The zero-order valence-corrected chi connectivity index (χ0v) is 14.5. The van der Waals surface area contributed by atoms with Crippen LogP contribution in [0.5, 0.6) is 23.0 Å². The molecule has 0 aromatic heterocycles. The van der Waals surface area contributed by atoms with Crippen molar-refractivity contribution in [2.45, 2.75) is 0 Å².